The molecule has 0 saturated carbocycles. The second-order valence-electron chi connectivity index (χ2n) is 4.20. The SMILES string of the molecule is COC1CCN(c2ncc([N+](=O)[O-])s2)C(CN)C1. The summed E-state index contributed by atoms with van der Waals surface area (Å²) in [6.07, 6.45) is 3.24. The Morgan fingerprint density at radius 1 is 1.78 bits per heavy atom. The molecule has 1 aliphatic heterocycles. The van der Waals surface area contributed by atoms with E-state index in [1.54, 1.807) is 7.11 Å². The van der Waals surface area contributed by atoms with Gasteiger partial charge >= 0.3 is 5.00 Å². The average molecular weight is 272 g/mol. The summed E-state index contributed by atoms with van der Waals surface area (Å²) in [6, 6.07) is 0.134. The molecule has 1 aromatic heterocycles. The third-order valence-electron chi connectivity index (χ3n) is 3.18. The van der Waals surface area contributed by atoms with Gasteiger partial charge in [-0.05, 0) is 24.2 Å². The highest BCUT2D eigenvalue weighted by molar-refractivity contribution is 7.18. The van der Waals surface area contributed by atoms with E-state index < -0.39 is 4.92 Å². The molecule has 0 aliphatic carbocycles. The van der Waals surface area contributed by atoms with Crippen molar-refractivity contribution in [2.45, 2.75) is 25.0 Å². The van der Waals surface area contributed by atoms with Crippen molar-refractivity contribution in [3.05, 3.63) is 16.3 Å². The lowest BCUT2D eigenvalue weighted by atomic mass is 10.00. The number of methoxy groups -OCH3 is 1. The van der Waals surface area contributed by atoms with Gasteiger partial charge in [-0.3, -0.25) is 10.1 Å². The maximum atomic E-state index is 10.7. The van der Waals surface area contributed by atoms with Crippen LogP contribution in [0.25, 0.3) is 0 Å². The summed E-state index contributed by atoms with van der Waals surface area (Å²) in [5, 5.41) is 11.4. The second kappa shape index (κ2) is 5.59. The highest BCUT2D eigenvalue weighted by Crippen LogP contribution is 2.32. The molecule has 0 aromatic carbocycles. The van der Waals surface area contributed by atoms with Gasteiger partial charge in [0.2, 0.25) is 0 Å². The maximum absolute atomic E-state index is 10.7. The molecule has 100 valence electrons. The summed E-state index contributed by atoms with van der Waals surface area (Å²) in [6.45, 7) is 1.26. The number of ether oxygens (including phenoxy) is 1. The number of piperidine rings is 1. The van der Waals surface area contributed by atoms with Crippen LogP contribution < -0.4 is 10.6 Å². The molecule has 2 heterocycles. The Balaban J connectivity index is 2.13. The van der Waals surface area contributed by atoms with Crippen molar-refractivity contribution < 1.29 is 9.66 Å². The molecule has 2 atom stereocenters. The van der Waals surface area contributed by atoms with Gasteiger partial charge in [0.25, 0.3) is 0 Å². The molecule has 1 aromatic rings. The van der Waals surface area contributed by atoms with Gasteiger partial charge in [0.05, 0.1) is 11.0 Å². The number of aromatic nitrogens is 1. The normalized spacial score (nSPS) is 24.2. The number of nitrogens with zero attached hydrogens (tertiary/aromatic N) is 3. The third-order valence-corrected chi connectivity index (χ3v) is 4.17. The molecule has 8 heteroatoms. The van der Waals surface area contributed by atoms with Crippen LogP contribution in [-0.2, 0) is 4.74 Å². The summed E-state index contributed by atoms with van der Waals surface area (Å²) in [4.78, 5) is 16.4. The standard InChI is InChI=1S/C10H16N4O3S/c1-17-8-2-3-13(7(4-8)5-11)10-12-6-9(18-10)14(15)16/h6-8H,2-5,11H2,1H3. The van der Waals surface area contributed by atoms with Gasteiger partial charge in [-0.25, -0.2) is 4.98 Å². The van der Waals surface area contributed by atoms with Crippen LogP contribution in [0.2, 0.25) is 0 Å². The van der Waals surface area contributed by atoms with Gasteiger partial charge in [0.1, 0.15) is 6.20 Å². The van der Waals surface area contributed by atoms with Crippen LogP contribution in [0.1, 0.15) is 12.8 Å². The van der Waals surface area contributed by atoms with Crippen LogP contribution >= 0.6 is 11.3 Å². The Labute approximate surface area is 109 Å². The summed E-state index contributed by atoms with van der Waals surface area (Å²) in [5.74, 6) is 0. The molecule has 7 nitrogen and oxygen atoms in total. The second-order valence-corrected chi connectivity index (χ2v) is 5.19. The Morgan fingerprint density at radius 2 is 2.56 bits per heavy atom. The van der Waals surface area contributed by atoms with Crippen molar-refractivity contribution in [2.24, 2.45) is 5.73 Å². The zero-order chi connectivity index (χ0) is 13.1. The highest BCUT2D eigenvalue weighted by Gasteiger charge is 2.30. The summed E-state index contributed by atoms with van der Waals surface area (Å²) < 4.78 is 5.34. The maximum Gasteiger partial charge on any atom is 0.345 e. The first-order valence-electron chi connectivity index (χ1n) is 5.75. The summed E-state index contributed by atoms with van der Waals surface area (Å²) in [5.41, 5.74) is 5.76. The lowest BCUT2D eigenvalue weighted by Gasteiger charge is -2.38. The van der Waals surface area contributed by atoms with Gasteiger partial charge in [-0.2, -0.15) is 0 Å². The van der Waals surface area contributed by atoms with Gasteiger partial charge in [0, 0.05) is 26.2 Å². The van der Waals surface area contributed by atoms with Crippen molar-refractivity contribution in [3.8, 4) is 0 Å². The van der Waals surface area contributed by atoms with Crippen molar-refractivity contribution in [1.82, 2.24) is 4.98 Å². The average Bonchev–Trinajstić information content (AvgIpc) is 2.87. The fourth-order valence-corrected chi connectivity index (χ4v) is 3.01. The van der Waals surface area contributed by atoms with E-state index >= 15 is 0 Å². The van der Waals surface area contributed by atoms with E-state index in [1.165, 1.54) is 6.20 Å². The first-order valence-corrected chi connectivity index (χ1v) is 6.57. The molecule has 18 heavy (non-hydrogen) atoms. The molecule has 2 rings (SSSR count). The van der Waals surface area contributed by atoms with E-state index in [0.717, 1.165) is 30.7 Å². The molecule has 0 spiro atoms. The van der Waals surface area contributed by atoms with Crippen molar-refractivity contribution in [2.75, 3.05) is 25.1 Å². The molecule has 0 amide bonds. The zero-order valence-electron chi connectivity index (χ0n) is 10.1. The predicted octanol–water partition coefficient (Wildman–Crippen LogP) is 0.994. The van der Waals surface area contributed by atoms with Crippen LogP contribution in [-0.4, -0.2) is 42.3 Å². The quantitative estimate of drug-likeness (QED) is 0.649. The number of hydrogen-bond donors (Lipinski definition) is 1. The summed E-state index contributed by atoms with van der Waals surface area (Å²) >= 11 is 1.09. The van der Waals surface area contributed by atoms with E-state index in [4.69, 9.17) is 10.5 Å². The Kier molecular flexibility index (Phi) is 4.10. The fourth-order valence-electron chi connectivity index (χ4n) is 2.18. The van der Waals surface area contributed by atoms with Crippen molar-refractivity contribution in [3.63, 3.8) is 0 Å². The molecule has 0 radical (unpaired) electrons. The van der Waals surface area contributed by atoms with Gasteiger partial charge in [0.15, 0.2) is 5.13 Å². The first-order chi connectivity index (χ1) is 8.65. The Bertz CT molecular complexity index is 425. The van der Waals surface area contributed by atoms with Gasteiger partial charge in [-0.1, -0.05) is 0 Å². The minimum Gasteiger partial charge on any atom is -0.381 e. The molecule has 1 aliphatic rings. The van der Waals surface area contributed by atoms with E-state index in [1.807, 2.05) is 4.90 Å². The number of hydrogen-bond acceptors (Lipinski definition) is 7. The monoisotopic (exact) mass is 272 g/mol. The number of nitro groups is 1. The lowest BCUT2D eigenvalue weighted by Crippen LogP contribution is -2.48. The van der Waals surface area contributed by atoms with Crippen LogP contribution in [0.5, 0.6) is 0 Å². The van der Waals surface area contributed by atoms with Crippen LogP contribution in [0, 0.1) is 10.1 Å². The molecule has 2 N–H and O–H groups in total. The van der Waals surface area contributed by atoms with Crippen molar-refractivity contribution >= 4 is 21.5 Å². The largest absolute Gasteiger partial charge is 0.381 e. The van der Waals surface area contributed by atoms with E-state index in [2.05, 4.69) is 4.98 Å². The number of thiazole rings is 1. The topological polar surface area (TPSA) is 94.5 Å². The van der Waals surface area contributed by atoms with E-state index in [0.29, 0.717) is 11.7 Å². The molecule has 2 unspecified atom stereocenters. The highest BCUT2D eigenvalue weighted by atomic mass is 32.1. The summed E-state index contributed by atoms with van der Waals surface area (Å²) in [7, 11) is 1.70. The molecular weight excluding hydrogens is 256 g/mol. The smallest absolute Gasteiger partial charge is 0.345 e. The molecular formula is C10H16N4O3S. The molecule has 1 fully saturated rings. The minimum absolute atomic E-state index is 0.0645. The minimum atomic E-state index is -0.416. The van der Waals surface area contributed by atoms with Crippen LogP contribution in [0.3, 0.4) is 0 Å². The first kappa shape index (κ1) is 13.2. The Hall–Kier alpha value is -1.25. The number of rotatable bonds is 4. The molecule has 1 saturated heterocycles. The van der Waals surface area contributed by atoms with Crippen LogP contribution in [0.4, 0.5) is 10.1 Å². The number of nitrogens with two attached hydrogens (primary N) is 1. The molecule has 0 bridgehead atoms. The van der Waals surface area contributed by atoms with E-state index in [-0.39, 0.29) is 17.1 Å². The third kappa shape index (κ3) is 2.60. The lowest BCUT2D eigenvalue weighted by molar-refractivity contribution is -0.380. The van der Waals surface area contributed by atoms with Gasteiger partial charge in [-0.15, -0.1) is 0 Å². The van der Waals surface area contributed by atoms with Crippen LogP contribution in [0.15, 0.2) is 6.20 Å². The zero-order valence-corrected chi connectivity index (χ0v) is 10.9. The van der Waals surface area contributed by atoms with E-state index in [9.17, 15) is 10.1 Å². The number of anilines is 1. The van der Waals surface area contributed by atoms with Gasteiger partial charge < -0.3 is 15.4 Å². The van der Waals surface area contributed by atoms with Crippen molar-refractivity contribution in [1.29, 1.82) is 0 Å². The predicted molar refractivity (Wildman–Crippen MR) is 69.0 cm³/mol. The fraction of sp³-hybridized carbons (Fsp3) is 0.700. The Morgan fingerprint density at radius 3 is 3.11 bits per heavy atom.